The van der Waals surface area contributed by atoms with Gasteiger partial charge in [-0.1, -0.05) is 29.8 Å². The van der Waals surface area contributed by atoms with Crippen LogP contribution in [-0.4, -0.2) is 54.6 Å². The molecule has 0 saturated carbocycles. The van der Waals surface area contributed by atoms with Gasteiger partial charge >= 0.3 is 6.09 Å². The molecule has 2 aliphatic heterocycles. The molecule has 1 atom stereocenters. The molecular weight excluding hydrogens is 406 g/mol. The molecule has 1 N–H and O–H groups in total. The maximum Gasteiger partial charge on any atom is 0.409 e. The predicted octanol–water partition coefficient (Wildman–Crippen LogP) is 4.29. The Balaban J connectivity index is 1.59. The first-order valence-corrected chi connectivity index (χ1v) is 10.5. The fourth-order valence-corrected chi connectivity index (χ4v) is 3.95. The molecule has 0 radical (unpaired) electrons. The number of ether oxygens (including phenoxy) is 2. The van der Waals surface area contributed by atoms with Crippen molar-refractivity contribution in [2.24, 2.45) is 0 Å². The van der Waals surface area contributed by atoms with Gasteiger partial charge in [0.15, 0.2) is 5.75 Å². The van der Waals surface area contributed by atoms with Gasteiger partial charge in [-0.3, -0.25) is 4.79 Å². The van der Waals surface area contributed by atoms with Crippen LogP contribution in [0, 0.1) is 0 Å². The SMILES string of the molecule is CCOC(=O)N1CCCN(C(=O)C2Nc3cc(Cl)ccc3Oc3ccccc32)CC1. The summed E-state index contributed by atoms with van der Waals surface area (Å²) in [5, 5.41) is 3.88. The van der Waals surface area contributed by atoms with Crippen molar-refractivity contribution >= 4 is 29.3 Å². The van der Waals surface area contributed by atoms with Crippen molar-refractivity contribution in [3.8, 4) is 11.5 Å². The second-order valence-electron chi connectivity index (χ2n) is 7.22. The first-order chi connectivity index (χ1) is 14.6. The molecule has 2 aliphatic rings. The highest BCUT2D eigenvalue weighted by molar-refractivity contribution is 6.31. The van der Waals surface area contributed by atoms with Gasteiger partial charge in [0.05, 0.1) is 12.3 Å². The average Bonchev–Trinajstić information content (AvgIpc) is 3.08. The van der Waals surface area contributed by atoms with Crippen molar-refractivity contribution in [2.45, 2.75) is 19.4 Å². The zero-order valence-corrected chi connectivity index (χ0v) is 17.5. The number of anilines is 1. The number of fused-ring (bicyclic) bond motifs is 2. The second kappa shape index (κ2) is 8.83. The highest BCUT2D eigenvalue weighted by Crippen LogP contribution is 2.41. The van der Waals surface area contributed by atoms with Crippen LogP contribution in [0.4, 0.5) is 10.5 Å². The van der Waals surface area contributed by atoms with Gasteiger partial charge in [-0.2, -0.15) is 0 Å². The number of carbonyl (C=O) groups excluding carboxylic acids is 2. The van der Waals surface area contributed by atoms with Crippen molar-refractivity contribution < 1.29 is 19.1 Å². The number of carbonyl (C=O) groups is 2. The van der Waals surface area contributed by atoms with Crippen LogP contribution >= 0.6 is 11.6 Å². The molecule has 0 aromatic heterocycles. The molecular formula is C22H24ClN3O4. The first kappa shape index (κ1) is 20.3. The lowest BCUT2D eigenvalue weighted by Crippen LogP contribution is -2.41. The molecule has 1 saturated heterocycles. The summed E-state index contributed by atoms with van der Waals surface area (Å²) in [6.45, 7) is 4.14. The monoisotopic (exact) mass is 429 g/mol. The maximum absolute atomic E-state index is 13.6. The quantitative estimate of drug-likeness (QED) is 0.771. The van der Waals surface area contributed by atoms with Crippen molar-refractivity contribution in [1.29, 1.82) is 0 Å². The fourth-order valence-electron chi connectivity index (χ4n) is 3.78. The maximum atomic E-state index is 13.6. The zero-order valence-electron chi connectivity index (χ0n) is 16.8. The Morgan fingerprint density at radius 3 is 2.70 bits per heavy atom. The van der Waals surface area contributed by atoms with Crippen LogP contribution in [0.2, 0.25) is 5.02 Å². The Labute approximate surface area is 180 Å². The number of hydrogen-bond acceptors (Lipinski definition) is 5. The van der Waals surface area contributed by atoms with E-state index in [1.807, 2.05) is 24.3 Å². The van der Waals surface area contributed by atoms with Gasteiger partial charge in [0, 0.05) is 36.8 Å². The molecule has 2 amide bonds. The summed E-state index contributed by atoms with van der Waals surface area (Å²) < 4.78 is 11.2. The molecule has 2 heterocycles. The van der Waals surface area contributed by atoms with Gasteiger partial charge in [-0.15, -0.1) is 0 Å². The van der Waals surface area contributed by atoms with E-state index in [0.29, 0.717) is 61.4 Å². The lowest BCUT2D eigenvalue weighted by Gasteiger charge is -2.27. The van der Waals surface area contributed by atoms with Gasteiger partial charge in [0.2, 0.25) is 5.91 Å². The largest absolute Gasteiger partial charge is 0.455 e. The van der Waals surface area contributed by atoms with Gasteiger partial charge in [0.25, 0.3) is 0 Å². The summed E-state index contributed by atoms with van der Waals surface area (Å²) in [5.41, 5.74) is 1.43. The minimum absolute atomic E-state index is 0.0652. The summed E-state index contributed by atoms with van der Waals surface area (Å²) in [6.07, 6.45) is 0.361. The Morgan fingerprint density at radius 1 is 1.10 bits per heavy atom. The minimum Gasteiger partial charge on any atom is -0.455 e. The summed E-state index contributed by atoms with van der Waals surface area (Å²) in [5.74, 6) is 1.18. The number of halogens is 1. The van der Waals surface area contributed by atoms with E-state index in [9.17, 15) is 9.59 Å². The third-order valence-electron chi connectivity index (χ3n) is 5.27. The Kier molecular flexibility index (Phi) is 5.99. The third-order valence-corrected chi connectivity index (χ3v) is 5.51. The van der Waals surface area contributed by atoms with Crippen LogP contribution in [0.15, 0.2) is 42.5 Å². The number of hydrogen-bond donors (Lipinski definition) is 1. The normalized spacial score (nSPS) is 18.1. The predicted molar refractivity (Wildman–Crippen MR) is 114 cm³/mol. The van der Waals surface area contributed by atoms with Gasteiger partial charge in [-0.05, 0) is 37.6 Å². The summed E-state index contributed by atoms with van der Waals surface area (Å²) in [6, 6.07) is 12.2. The van der Waals surface area contributed by atoms with Gasteiger partial charge in [-0.25, -0.2) is 4.79 Å². The van der Waals surface area contributed by atoms with Crippen LogP contribution in [0.1, 0.15) is 24.9 Å². The molecule has 1 fully saturated rings. The molecule has 0 aliphatic carbocycles. The summed E-state index contributed by atoms with van der Waals surface area (Å²) in [4.78, 5) is 29.1. The topological polar surface area (TPSA) is 71.1 Å². The average molecular weight is 430 g/mol. The number of para-hydroxylation sites is 1. The van der Waals surface area contributed by atoms with Crippen LogP contribution in [0.3, 0.4) is 0 Å². The third kappa shape index (κ3) is 4.16. The highest BCUT2D eigenvalue weighted by Gasteiger charge is 2.33. The molecule has 0 bridgehead atoms. The number of nitrogens with zero attached hydrogens (tertiary/aromatic N) is 2. The summed E-state index contributed by atoms with van der Waals surface area (Å²) in [7, 11) is 0. The molecule has 4 rings (SSSR count). The Bertz CT molecular complexity index is 952. The fraction of sp³-hybridized carbons (Fsp3) is 0.364. The second-order valence-corrected chi connectivity index (χ2v) is 7.66. The Hall–Kier alpha value is -2.93. The number of benzene rings is 2. The number of rotatable bonds is 2. The standard InChI is InChI=1S/C22H24ClN3O4/c1-2-29-22(28)26-11-5-10-25(12-13-26)21(27)20-16-6-3-4-7-18(16)30-19-9-8-15(23)14-17(19)24-20/h3-4,6-9,14,20,24H,2,5,10-13H2,1H3. The van der Waals surface area contributed by atoms with E-state index in [4.69, 9.17) is 21.1 Å². The molecule has 2 aromatic rings. The van der Waals surface area contributed by atoms with E-state index in [-0.39, 0.29) is 12.0 Å². The summed E-state index contributed by atoms with van der Waals surface area (Å²) >= 11 is 6.17. The van der Waals surface area contributed by atoms with E-state index in [1.165, 1.54) is 0 Å². The molecule has 1 unspecified atom stereocenters. The molecule has 158 valence electrons. The van der Waals surface area contributed by atoms with E-state index in [0.717, 1.165) is 5.56 Å². The smallest absolute Gasteiger partial charge is 0.409 e. The first-order valence-electron chi connectivity index (χ1n) is 10.1. The van der Waals surface area contributed by atoms with Crippen molar-refractivity contribution in [3.63, 3.8) is 0 Å². The van der Waals surface area contributed by atoms with E-state index < -0.39 is 6.04 Å². The molecule has 7 nitrogen and oxygen atoms in total. The lowest BCUT2D eigenvalue weighted by atomic mass is 10.0. The molecule has 30 heavy (non-hydrogen) atoms. The van der Waals surface area contributed by atoms with Crippen molar-refractivity contribution in [1.82, 2.24) is 9.80 Å². The van der Waals surface area contributed by atoms with Crippen LogP contribution in [0.25, 0.3) is 0 Å². The van der Waals surface area contributed by atoms with Gasteiger partial charge < -0.3 is 24.6 Å². The van der Waals surface area contributed by atoms with Crippen LogP contribution < -0.4 is 10.1 Å². The van der Waals surface area contributed by atoms with E-state index in [1.54, 1.807) is 34.9 Å². The van der Waals surface area contributed by atoms with Crippen molar-refractivity contribution in [3.05, 3.63) is 53.1 Å². The minimum atomic E-state index is -0.616. The van der Waals surface area contributed by atoms with E-state index in [2.05, 4.69) is 5.32 Å². The lowest BCUT2D eigenvalue weighted by molar-refractivity contribution is -0.132. The van der Waals surface area contributed by atoms with Crippen LogP contribution in [-0.2, 0) is 9.53 Å². The molecule has 2 aromatic carbocycles. The molecule has 8 heteroatoms. The number of amides is 2. The van der Waals surface area contributed by atoms with Crippen LogP contribution in [0.5, 0.6) is 11.5 Å². The molecule has 0 spiro atoms. The van der Waals surface area contributed by atoms with Crippen molar-refractivity contribution in [2.75, 3.05) is 38.1 Å². The zero-order chi connectivity index (χ0) is 21.1. The number of nitrogens with one attached hydrogen (secondary N) is 1. The van der Waals surface area contributed by atoms with Gasteiger partial charge in [0.1, 0.15) is 11.8 Å². The Morgan fingerprint density at radius 2 is 1.87 bits per heavy atom. The highest BCUT2D eigenvalue weighted by atomic mass is 35.5. The van der Waals surface area contributed by atoms with E-state index >= 15 is 0 Å².